The van der Waals surface area contributed by atoms with Gasteiger partial charge in [0.2, 0.25) is 15.9 Å². The van der Waals surface area contributed by atoms with Crippen molar-refractivity contribution in [3.63, 3.8) is 0 Å². The highest BCUT2D eigenvalue weighted by Crippen LogP contribution is 2.31. The number of sulfonamides is 1. The molecule has 0 unspecified atom stereocenters. The quantitative estimate of drug-likeness (QED) is 0.792. The highest BCUT2D eigenvalue weighted by atomic mass is 32.2. The average Bonchev–Trinajstić information content (AvgIpc) is 2.73. The monoisotopic (exact) mass is 402 g/mol. The molecule has 2 aliphatic heterocycles. The van der Waals surface area contributed by atoms with Gasteiger partial charge in [-0.3, -0.25) is 4.79 Å². The molecule has 1 amide bonds. The number of amides is 1. The highest BCUT2D eigenvalue weighted by molar-refractivity contribution is 7.89. The second kappa shape index (κ2) is 7.64. The molecule has 2 aromatic carbocycles. The van der Waals surface area contributed by atoms with E-state index in [1.807, 2.05) is 23.1 Å². The van der Waals surface area contributed by atoms with Gasteiger partial charge in [-0.05, 0) is 61.6 Å². The Morgan fingerprint density at radius 2 is 1.64 bits per heavy atom. The summed E-state index contributed by atoms with van der Waals surface area (Å²) in [5.41, 5.74) is 2.18. The van der Waals surface area contributed by atoms with Crippen LogP contribution in [0, 0.1) is 11.7 Å². The number of hydrogen-bond donors (Lipinski definition) is 0. The number of halogens is 1. The van der Waals surface area contributed by atoms with Crippen LogP contribution in [0.15, 0.2) is 53.4 Å². The summed E-state index contributed by atoms with van der Waals surface area (Å²) in [6.45, 7) is 1.31. The Morgan fingerprint density at radius 3 is 2.36 bits per heavy atom. The predicted molar refractivity (Wildman–Crippen MR) is 105 cm³/mol. The van der Waals surface area contributed by atoms with Crippen molar-refractivity contribution in [3.8, 4) is 0 Å². The third kappa shape index (κ3) is 3.56. The van der Waals surface area contributed by atoms with E-state index in [4.69, 9.17) is 0 Å². The maximum Gasteiger partial charge on any atom is 0.243 e. The van der Waals surface area contributed by atoms with Crippen molar-refractivity contribution in [1.82, 2.24) is 4.31 Å². The van der Waals surface area contributed by atoms with Crippen LogP contribution in [0.5, 0.6) is 0 Å². The van der Waals surface area contributed by atoms with Crippen LogP contribution in [0.25, 0.3) is 0 Å². The molecule has 0 N–H and O–H groups in total. The van der Waals surface area contributed by atoms with Crippen LogP contribution >= 0.6 is 0 Å². The normalized spacial score (nSPS) is 18.7. The fourth-order valence-electron chi connectivity index (χ4n) is 4.08. The molecule has 0 aromatic heterocycles. The van der Waals surface area contributed by atoms with Crippen LogP contribution in [0.2, 0.25) is 0 Å². The van der Waals surface area contributed by atoms with E-state index in [1.165, 1.54) is 22.0 Å². The van der Waals surface area contributed by atoms with Crippen LogP contribution < -0.4 is 4.90 Å². The standard InChI is InChI=1S/C21H23FN2O3S/c22-18-7-9-19(10-8-18)28(26,27)23-14-11-17(12-15-23)21(25)24-13-3-5-16-4-1-2-6-20(16)24/h1-2,4,6-10,17H,3,5,11-15H2. The molecule has 0 bridgehead atoms. The third-order valence-electron chi connectivity index (χ3n) is 5.63. The minimum Gasteiger partial charge on any atom is -0.312 e. The molecular formula is C21H23FN2O3S. The minimum absolute atomic E-state index is 0.0867. The Morgan fingerprint density at radius 1 is 0.964 bits per heavy atom. The van der Waals surface area contributed by atoms with Crippen molar-refractivity contribution in [1.29, 1.82) is 0 Å². The summed E-state index contributed by atoms with van der Waals surface area (Å²) in [7, 11) is -3.66. The van der Waals surface area contributed by atoms with E-state index in [1.54, 1.807) is 0 Å². The summed E-state index contributed by atoms with van der Waals surface area (Å²) < 4.78 is 40.0. The van der Waals surface area contributed by atoms with Crippen molar-refractivity contribution in [3.05, 3.63) is 59.9 Å². The molecule has 0 atom stereocenters. The third-order valence-corrected chi connectivity index (χ3v) is 7.54. The Hall–Kier alpha value is -2.25. The number of hydrogen-bond acceptors (Lipinski definition) is 3. The van der Waals surface area contributed by atoms with Crippen LogP contribution in [-0.2, 0) is 21.2 Å². The van der Waals surface area contributed by atoms with Crippen molar-refractivity contribution in [2.75, 3.05) is 24.5 Å². The topological polar surface area (TPSA) is 57.7 Å². The van der Waals surface area contributed by atoms with Gasteiger partial charge >= 0.3 is 0 Å². The summed E-state index contributed by atoms with van der Waals surface area (Å²) >= 11 is 0. The van der Waals surface area contributed by atoms with E-state index in [9.17, 15) is 17.6 Å². The zero-order valence-electron chi connectivity index (χ0n) is 15.6. The first kappa shape index (κ1) is 19.1. The average molecular weight is 402 g/mol. The van der Waals surface area contributed by atoms with E-state index in [0.29, 0.717) is 32.5 Å². The van der Waals surface area contributed by atoms with Gasteiger partial charge in [0.05, 0.1) is 4.90 Å². The van der Waals surface area contributed by atoms with Crippen LogP contribution in [0.3, 0.4) is 0 Å². The SMILES string of the molecule is O=C(C1CCN(S(=O)(=O)c2ccc(F)cc2)CC1)N1CCCc2ccccc21. The molecule has 0 saturated carbocycles. The van der Waals surface area contributed by atoms with Gasteiger partial charge in [-0.25, -0.2) is 12.8 Å². The number of carbonyl (C=O) groups is 1. The number of aryl methyl sites for hydroxylation is 1. The number of nitrogens with zero attached hydrogens (tertiary/aromatic N) is 2. The van der Waals surface area contributed by atoms with Gasteiger partial charge in [-0.2, -0.15) is 4.31 Å². The molecule has 1 saturated heterocycles. The van der Waals surface area contributed by atoms with Crippen molar-refractivity contribution in [2.24, 2.45) is 5.92 Å². The van der Waals surface area contributed by atoms with E-state index >= 15 is 0 Å². The van der Waals surface area contributed by atoms with E-state index < -0.39 is 15.8 Å². The Balaban J connectivity index is 1.45. The fourth-order valence-corrected chi connectivity index (χ4v) is 5.55. The summed E-state index contributed by atoms with van der Waals surface area (Å²) in [5, 5.41) is 0. The zero-order chi connectivity index (χ0) is 19.7. The van der Waals surface area contributed by atoms with Gasteiger partial charge in [0, 0.05) is 31.2 Å². The lowest BCUT2D eigenvalue weighted by molar-refractivity contribution is -0.123. The summed E-state index contributed by atoms with van der Waals surface area (Å²) in [4.78, 5) is 15.1. The molecule has 0 aliphatic carbocycles. The smallest absolute Gasteiger partial charge is 0.243 e. The molecule has 28 heavy (non-hydrogen) atoms. The molecule has 1 fully saturated rings. The number of rotatable bonds is 3. The number of fused-ring (bicyclic) bond motifs is 1. The highest BCUT2D eigenvalue weighted by Gasteiger charge is 2.35. The number of carbonyl (C=O) groups excluding carboxylic acids is 1. The molecule has 2 aliphatic rings. The molecule has 2 aromatic rings. The van der Waals surface area contributed by atoms with Crippen molar-refractivity contribution >= 4 is 21.6 Å². The van der Waals surface area contributed by atoms with Crippen LogP contribution in [0.1, 0.15) is 24.8 Å². The molecule has 148 valence electrons. The first-order chi connectivity index (χ1) is 13.5. The van der Waals surface area contributed by atoms with Crippen LogP contribution in [-0.4, -0.2) is 38.3 Å². The lowest BCUT2D eigenvalue weighted by Gasteiger charge is -2.36. The maximum atomic E-state index is 13.1. The molecule has 2 heterocycles. The number of piperidine rings is 1. The molecular weight excluding hydrogens is 379 g/mol. The second-order valence-electron chi connectivity index (χ2n) is 7.35. The largest absolute Gasteiger partial charge is 0.312 e. The predicted octanol–water partition coefficient (Wildman–Crippen LogP) is 3.21. The molecule has 0 radical (unpaired) electrons. The first-order valence-electron chi connectivity index (χ1n) is 9.62. The fraction of sp³-hybridized carbons (Fsp3) is 0.381. The van der Waals surface area contributed by atoms with E-state index in [2.05, 4.69) is 6.07 Å². The number of benzene rings is 2. The number of para-hydroxylation sites is 1. The van der Waals surface area contributed by atoms with Gasteiger partial charge in [0.1, 0.15) is 5.82 Å². The Kier molecular flexibility index (Phi) is 5.21. The van der Waals surface area contributed by atoms with Crippen molar-refractivity contribution in [2.45, 2.75) is 30.6 Å². The van der Waals surface area contributed by atoms with E-state index in [-0.39, 0.29) is 16.7 Å². The van der Waals surface area contributed by atoms with Gasteiger partial charge < -0.3 is 4.90 Å². The van der Waals surface area contributed by atoms with Crippen LogP contribution in [0.4, 0.5) is 10.1 Å². The van der Waals surface area contributed by atoms with Gasteiger partial charge in [0.25, 0.3) is 0 Å². The first-order valence-corrected chi connectivity index (χ1v) is 11.1. The lowest BCUT2D eigenvalue weighted by Crippen LogP contribution is -2.45. The van der Waals surface area contributed by atoms with E-state index in [0.717, 1.165) is 30.7 Å². The van der Waals surface area contributed by atoms with Crippen molar-refractivity contribution < 1.29 is 17.6 Å². The molecule has 0 spiro atoms. The summed E-state index contributed by atoms with van der Waals surface area (Å²) in [5.74, 6) is -0.554. The maximum absolute atomic E-state index is 13.1. The Bertz CT molecular complexity index is 967. The lowest BCUT2D eigenvalue weighted by atomic mass is 9.94. The molecule has 7 heteroatoms. The zero-order valence-corrected chi connectivity index (χ0v) is 16.4. The second-order valence-corrected chi connectivity index (χ2v) is 9.29. The van der Waals surface area contributed by atoms with Gasteiger partial charge in [-0.1, -0.05) is 18.2 Å². The number of anilines is 1. The summed E-state index contributed by atoms with van der Waals surface area (Å²) in [6.07, 6.45) is 2.92. The van der Waals surface area contributed by atoms with Gasteiger partial charge in [-0.15, -0.1) is 0 Å². The van der Waals surface area contributed by atoms with Gasteiger partial charge in [0.15, 0.2) is 0 Å². The Labute approximate surface area is 164 Å². The molecule has 4 rings (SSSR count). The molecule has 5 nitrogen and oxygen atoms in total. The minimum atomic E-state index is -3.66. The summed E-state index contributed by atoms with van der Waals surface area (Å²) in [6, 6.07) is 12.9.